The standard InChI is InChI=1S/C23H22N2O3S/c1-2-24-18-14-7-6-13-17(18)19(21(24)26)20-22(27)25(23(28)29-20)15-9-8-12-16-10-4-3-5-11-16/h3-7,10-11,13-14H,2,8-9,12,15H2,1H3/b20-19-. The van der Waals surface area contributed by atoms with E-state index in [-0.39, 0.29) is 22.0 Å². The Morgan fingerprint density at radius 1 is 0.828 bits per heavy atom. The van der Waals surface area contributed by atoms with Gasteiger partial charge in [-0.3, -0.25) is 19.3 Å². The van der Waals surface area contributed by atoms with Crippen molar-refractivity contribution in [1.82, 2.24) is 4.90 Å². The SMILES string of the molecule is CCN1C(=O)/C(=C2\SC(=O)N(CCCCc3ccccc3)C2=O)c2ccccc21. The molecule has 0 saturated carbocycles. The van der Waals surface area contributed by atoms with Gasteiger partial charge in [-0.15, -0.1) is 0 Å². The Bertz CT molecular complexity index is 1000. The van der Waals surface area contributed by atoms with Gasteiger partial charge in [-0.25, -0.2) is 0 Å². The fraction of sp³-hybridized carbons (Fsp3) is 0.261. The van der Waals surface area contributed by atoms with E-state index in [1.165, 1.54) is 10.5 Å². The molecule has 6 heteroatoms. The van der Waals surface area contributed by atoms with Crippen molar-refractivity contribution in [3.63, 3.8) is 0 Å². The lowest BCUT2D eigenvalue weighted by molar-refractivity contribution is -0.123. The Morgan fingerprint density at radius 2 is 1.55 bits per heavy atom. The van der Waals surface area contributed by atoms with Crippen molar-refractivity contribution < 1.29 is 14.4 Å². The van der Waals surface area contributed by atoms with Gasteiger partial charge in [-0.2, -0.15) is 0 Å². The van der Waals surface area contributed by atoms with Crippen LogP contribution in [-0.4, -0.2) is 35.0 Å². The summed E-state index contributed by atoms with van der Waals surface area (Å²) in [6, 6.07) is 17.6. The van der Waals surface area contributed by atoms with Crippen LogP contribution < -0.4 is 4.90 Å². The van der Waals surface area contributed by atoms with Gasteiger partial charge in [0.05, 0.1) is 16.2 Å². The van der Waals surface area contributed by atoms with E-state index in [0.29, 0.717) is 18.7 Å². The fourth-order valence-corrected chi connectivity index (χ4v) is 4.76. The second-order valence-corrected chi connectivity index (χ2v) is 8.00. The molecule has 3 amide bonds. The van der Waals surface area contributed by atoms with E-state index in [1.54, 1.807) is 4.90 Å². The van der Waals surface area contributed by atoms with E-state index in [2.05, 4.69) is 12.1 Å². The van der Waals surface area contributed by atoms with Gasteiger partial charge in [0.15, 0.2) is 0 Å². The summed E-state index contributed by atoms with van der Waals surface area (Å²) < 4.78 is 0. The molecule has 1 fully saturated rings. The number of rotatable bonds is 6. The van der Waals surface area contributed by atoms with Gasteiger partial charge in [0.25, 0.3) is 17.1 Å². The van der Waals surface area contributed by atoms with Crippen LogP contribution in [0.25, 0.3) is 5.57 Å². The zero-order valence-electron chi connectivity index (χ0n) is 16.3. The molecule has 4 rings (SSSR count). The van der Waals surface area contributed by atoms with Crippen molar-refractivity contribution in [2.45, 2.75) is 26.2 Å². The van der Waals surface area contributed by atoms with Gasteiger partial charge in [0, 0.05) is 18.7 Å². The zero-order chi connectivity index (χ0) is 20.4. The molecule has 0 radical (unpaired) electrons. The average Bonchev–Trinajstić information content (AvgIpc) is 3.18. The first-order chi connectivity index (χ1) is 14.1. The molecule has 2 heterocycles. The second kappa shape index (κ2) is 8.25. The van der Waals surface area contributed by atoms with Crippen LogP contribution in [0.4, 0.5) is 10.5 Å². The Kier molecular flexibility index (Phi) is 5.53. The predicted molar refractivity (Wildman–Crippen MR) is 115 cm³/mol. The number of likely N-dealkylation sites (N-methyl/N-ethyl adjacent to an activating group) is 1. The highest BCUT2D eigenvalue weighted by atomic mass is 32.2. The molecule has 0 unspecified atom stereocenters. The van der Waals surface area contributed by atoms with Crippen molar-refractivity contribution in [2.24, 2.45) is 0 Å². The van der Waals surface area contributed by atoms with E-state index in [9.17, 15) is 14.4 Å². The maximum absolute atomic E-state index is 13.0. The maximum atomic E-state index is 13.0. The van der Waals surface area contributed by atoms with Gasteiger partial charge >= 0.3 is 0 Å². The third kappa shape index (κ3) is 3.60. The first-order valence-electron chi connectivity index (χ1n) is 9.85. The molecule has 2 aromatic carbocycles. The first-order valence-corrected chi connectivity index (χ1v) is 10.7. The van der Waals surface area contributed by atoms with E-state index < -0.39 is 0 Å². The van der Waals surface area contributed by atoms with Gasteiger partial charge in [-0.05, 0) is 49.6 Å². The first kappa shape index (κ1) is 19.5. The monoisotopic (exact) mass is 406 g/mol. The summed E-state index contributed by atoms with van der Waals surface area (Å²) >= 11 is 0.883. The molecule has 2 aromatic rings. The molecule has 0 atom stereocenters. The normalized spacial score (nSPS) is 18.7. The van der Waals surface area contributed by atoms with Crippen LogP contribution in [0.2, 0.25) is 0 Å². The summed E-state index contributed by atoms with van der Waals surface area (Å²) in [7, 11) is 0. The van der Waals surface area contributed by atoms with Crippen LogP contribution in [-0.2, 0) is 16.0 Å². The number of nitrogens with zero attached hydrogens (tertiary/aromatic N) is 2. The van der Waals surface area contributed by atoms with Crippen LogP contribution in [0.1, 0.15) is 30.9 Å². The maximum Gasteiger partial charge on any atom is 0.293 e. The summed E-state index contributed by atoms with van der Waals surface area (Å²) in [5, 5.41) is -0.294. The third-order valence-corrected chi connectivity index (χ3v) is 6.23. The number of imide groups is 1. The van der Waals surface area contributed by atoms with E-state index in [0.717, 1.165) is 42.3 Å². The summed E-state index contributed by atoms with van der Waals surface area (Å²) in [6.45, 7) is 2.79. The molecule has 0 spiro atoms. The Hall–Kier alpha value is -2.86. The summed E-state index contributed by atoms with van der Waals surface area (Å²) in [5.74, 6) is -0.556. The fourth-order valence-electron chi connectivity index (χ4n) is 3.80. The largest absolute Gasteiger partial charge is 0.308 e. The number of unbranched alkanes of at least 4 members (excludes halogenated alkanes) is 1. The molecule has 148 valence electrons. The number of para-hydroxylation sites is 1. The molecule has 0 aromatic heterocycles. The third-order valence-electron chi connectivity index (χ3n) is 5.26. The number of carbonyl (C=O) groups excluding carboxylic acids is 3. The molecule has 5 nitrogen and oxygen atoms in total. The number of thioether (sulfide) groups is 1. The number of anilines is 1. The van der Waals surface area contributed by atoms with E-state index in [1.807, 2.05) is 49.4 Å². The topological polar surface area (TPSA) is 57.7 Å². The van der Waals surface area contributed by atoms with Crippen molar-refractivity contribution in [3.05, 3.63) is 70.6 Å². The number of carbonyl (C=O) groups is 3. The molecular formula is C23H22N2O3S. The zero-order valence-corrected chi connectivity index (χ0v) is 17.1. The minimum atomic E-state index is -0.351. The van der Waals surface area contributed by atoms with E-state index >= 15 is 0 Å². The highest BCUT2D eigenvalue weighted by Gasteiger charge is 2.42. The summed E-state index contributed by atoms with van der Waals surface area (Å²) in [5.41, 5.74) is 3.13. The number of aryl methyl sites for hydroxylation is 1. The van der Waals surface area contributed by atoms with Crippen molar-refractivity contribution in [2.75, 3.05) is 18.0 Å². The van der Waals surface area contributed by atoms with E-state index in [4.69, 9.17) is 0 Å². The lowest BCUT2D eigenvalue weighted by Gasteiger charge is -2.13. The average molecular weight is 407 g/mol. The highest BCUT2D eigenvalue weighted by Crippen LogP contribution is 2.44. The Morgan fingerprint density at radius 3 is 2.31 bits per heavy atom. The molecule has 29 heavy (non-hydrogen) atoms. The van der Waals surface area contributed by atoms with Crippen LogP contribution in [0.3, 0.4) is 0 Å². The number of fused-ring (bicyclic) bond motifs is 1. The number of amides is 3. The van der Waals surface area contributed by atoms with Crippen LogP contribution >= 0.6 is 11.8 Å². The van der Waals surface area contributed by atoms with Crippen LogP contribution in [0.5, 0.6) is 0 Å². The molecular weight excluding hydrogens is 384 g/mol. The molecule has 0 N–H and O–H groups in total. The molecule has 0 aliphatic carbocycles. The Balaban J connectivity index is 1.50. The smallest absolute Gasteiger partial charge is 0.293 e. The van der Waals surface area contributed by atoms with Gasteiger partial charge in [-0.1, -0.05) is 48.5 Å². The minimum absolute atomic E-state index is 0.205. The van der Waals surface area contributed by atoms with Gasteiger partial charge in [0.1, 0.15) is 0 Å². The van der Waals surface area contributed by atoms with Crippen molar-refractivity contribution >= 4 is 40.1 Å². The Labute approximate surface area is 174 Å². The van der Waals surface area contributed by atoms with Crippen molar-refractivity contribution in [1.29, 1.82) is 0 Å². The second-order valence-electron chi connectivity index (χ2n) is 7.04. The predicted octanol–water partition coefficient (Wildman–Crippen LogP) is 4.48. The lowest BCUT2D eigenvalue weighted by Crippen LogP contribution is -2.30. The highest BCUT2D eigenvalue weighted by molar-refractivity contribution is 8.18. The molecule has 2 aliphatic heterocycles. The van der Waals surface area contributed by atoms with Crippen molar-refractivity contribution in [3.8, 4) is 0 Å². The summed E-state index contributed by atoms with van der Waals surface area (Å²) in [4.78, 5) is 41.6. The van der Waals surface area contributed by atoms with Crippen LogP contribution in [0, 0.1) is 0 Å². The quantitative estimate of drug-likeness (QED) is 0.524. The molecule has 2 aliphatic rings. The lowest BCUT2D eigenvalue weighted by atomic mass is 10.1. The number of hydrogen-bond donors (Lipinski definition) is 0. The molecule has 0 bridgehead atoms. The number of benzene rings is 2. The number of hydrogen-bond acceptors (Lipinski definition) is 4. The van der Waals surface area contributed by atoms with Crippen LogP contribution in [0.15, 0.2) is 59.5 Å². The minimum Gasteiger partial charge on any atom is -0.308 e. The summed E-state index contributed by atoms with van der Waals surface area (Å²) in [6.07, 6.45) is 2.54. The van der Waals surface area contributed by atoms with Gasteiger partial charge in [0.2, 0.25) is 0 Å². The van der Waals surface area contributed by atoms with Gasteiger partial charge < -0.3 is 4.90 Å². The molecule has 1 saturated heterocycles.